The van der Waals surface area contributed by atoms with Gasteiger partial charge in [0, 0.05) is 13.2 Å². The predicted octanol–water partition coefficient (Wildman–Crippen LogP) is 4.71. The Morgan fingerprint density at radius 1 is 1.03 bits per heavy atom. The molecule has 31 heavy (non-hydrogen) atoms. The first-order valence-electron chi connectivity index (χ1n) is 11.8. The molecule has 7 heteroatoms. The summed E-state index contributed by atoms with van der Waals surface area (Å²) in [7, 11) is 0. The number of nitrogens with one attached hydrogen (secondary N) is 1. The Morgan fingerprint density at radius 3 is 2.58 bits per heavy atom. The number of amides is 1. The van der Waals surface area contributed by atoms with Crippen molar-refractivity contribution in [1.82, 2.24) is 4.90 Å². The fourth-order valence-electron chi connectivity index (χ4n) is 3.55. The lowest BCUT2D eigenvalue weighted by molar-refractivity contribution is -0.00902. The molecule has 1 aliphatic rings. The Kier molecular flexibility index (Phi) is 13.0. The Labute approximate surface area is 187 Å². The molecule has 0 aromatic heterocycles. The summed E-state index contributed by atoms with van der Waals surface area (Å²) in [6.45, 7) is 9.59. The molecule has 2 rings (SSSR count). The van der Waals surface area contributed by atoms with Crippen LogP contribution in [-0.4, -0.2) is 69.8 Å². The smallest absolute Gasteiger partial charge is 0.412 e. The molecule has 0 bridgehead atoms. The number of ether oxygens (including phenoxy) is 4. The first-order chi connectivity index (χ1) is 15.2. The summed E-state index contributed by atoms with van der Waals surface area (Å²) in [5, 5.41) is 2.84. The van der Waals surface area contributed by atoms with Crippen LogP contribution in [0.1, 0.15) is 52.4 Å². The van der Waals surface area contributed by atoms with E-state index in [4.69, 9.17) is 18.9 Å². The number of rotatable bonds is 16. The van der Waals surface area contributed by atoms with Gasteiger partial charge >= 0.3 is 6.09 Å². The average molecular weight is 437 g/mol. The van der Waals surface area contributed by atoms with Crippen molar-refractivity contribution in [2.24, 2.45) is 0 Å². The van der Waals surface area contributed by atoms with E-state index in [1.54, 1.807) is 0 Å². The maximum atomic E-state index is 12.6. The first kappa shape index (κ1) is 25.4. The van der Waals surface area contributed by atoms with Crippen molar-refractivity contribution in [3.8, 4) is 5.75 Å². The van der Waals surface area contributed by atoms with Crippen LogP contribution in [0.5, 0.6) is 5.75 Å². The van der Waals surface area contributed by atoms with Gasteiger partial charge in [0.05, 0.1) is 32.1 Å². The third-order valence-electron chi connectivity index (χ3n) is 5.19. The number of likely N-dealkylation sites (tertiary alicyclic amines) is 1. The van der Waals surface area contributed by atoms with Crippen LogP contribution < -0.4 is 10.1 Å². The van der Waals surface area contributed by atoms with Crippen molar-refractivity contribution in [3.05, 3.63) is 24.3 Å². The summed E-state index contributed by atoms with van der Waals surface area (Å²) >= 11 is 0. The van der Waals surface area contributed by atoms with E-state index in [0.717, 1.165) is 25.9 Å². The van der Waals surface area contributed by atoms with E-state index >= 15 is 0 Å². The van der Waals surface area contributed by atoms with Gasteiger partial charge in [-0.25, -0.2) is 4.79 Å². The fourth-order valence-corrected chi connectivity index (χ4v) is 3.55. The lowest BCUT2D eigenvalue weighted by Gasteiger charge is -2.24. The Hall–Kier alpha value is -1.83. The lowest BCUT2D eigenvalue weighted by Crippen LogP contribution is -2.37. The minimum absolute atomic E-state index is 0.332. The van der Waals surface area contributed by atoms with Gasteiger partial charge < -0.3 is 18.9 Å². The van der Waals surface area contributed by atoms with Crippen molar-refractivity contribution in [3.63, 3.8) is 0 Å². The van der Waals surface area contributed by atoms with Gasteiger partial charge in [0.15, 0.2) is 0 Å². The largest absolute Gasteiger partial charge is 0.491 e. The van der Waals surface area contributed by atoms with Crippen LogP contribution in [0.15, 0.2) is 24.3 Å². The molecule has 1 aromatic rings. The molecule has 1 N–H and O–H groups in total. The second kappa shape index (κ2) is 15.9. The van der Waals surface area contributed by atoms with Gasteiger partial charge in [0.1, 0.15) is 11.9 Å². The Bertz CT molecular complexity index is 607. The standard InChI is InChI=1S/C24H40N2O5/c1-3-5-6-11-16-30-23-13-8-7-12-22(23)25-24(27)31-21(19-26-14-9-10-15-26)20-29-18-17-28-4-2/h7-8,12-13,21H,3-6,9-11,14-20H2,1-2H3,(H,25,27). The number of unbranched alkanes of at least 4 members (excludes halogenated alkanes) is 3. The average Bonchev–Trinajstić information content (AvgIpc) is 3.27. The van der Waals surface area contributed by atoms with Gasteiger partial charge in [0.25, 0.3) is 0 Å². The molecule has 1 amide bonds. The highest BCUT2D eigenvalue weighted by molar-refractivity contribution is 5.86. The number of hydrogen-bond donors (Lipinski definition) is 1. The Morgan fingerprint density at radius 2 is 1.81 bits per heavy atom. The predicted molar refractivity (Wildman–Crippen MR) is 123 cm³/mol. The molecule has 1 atom stereocenters. The van der Waals surface area contributed by atoms with Crippen LogP contribution in [0.25, 0.3) is 0 Å². The monoisotopic (exact) mass is 436 g/mol. The van der Waals surface area contributed by atoms with Gasteiger partial charge in [-0.15, -0.1) is 0 Å². The highest BCUT2D eigenvalue weighted by Gasteiger charge is 2.21. The third-order valence-corrected chi connectivity index (χ3v) is 5.19. The summed E-state index contributed by atoms with van der Waals surface area (Å²) in [4.78, 5) is 14.9. The number of benzene rings is 1. The molecule has 0 aliphatic carbocycles. The van der Waals surface area contributed by atoms with Crippen LogP contribution in [-0.2, 0) is 14.2 Å². The number of anilines is 1. The minimum Gasteiger partial charge on any atom is -0.491 e. The number of carbonyl (C=O) groups excluding carboxylic acids is 1. The first-order valence-corrected chi connectivity index (χ1v) is 11.8. The molecule has 0 radical (unpaired) electrons. The molecule has 1 unspecified atom stereocenters. The molecule has 0 spiro atoms. The zero-order chi connectivity index (χ0) is 22.2. The van der Waals surface area contributed by atoms with Crippen molar-refractivity contribution in [1.29, 1.82) is 0 Å². The van der Waals surface area contributed by atoms with E-state index in [1.807, 2.05) is 31.2 Å². The van der Waals surface area contributed by atoms with Crippen LogP contribution in [0.2, 0.25) is 0 Å². The highest BCUT2D eigenvalue weighted by atomic mass is 16.6. The van der Waals surface area contributed by atoms with Crippen molar-refractivity contribution in [2.45, 2.75) is 58.5 Å². The quantitative estimate of drug-likeness (QED) is 0.379. The van der Waals surface area contributed by atoms with Gasteiger partial charge in [-0.05, 0) is 51.4 Å². The van der Waals surface area contributed by atoms with Crippen LogP contribution in [0.4, 0.5) is 10.5 Å². The molecule has 1 saturated heterocycles. The SMILES string of the molecule is CCCCCCOc1ccccc1NC(=O)OC(COCCOCC)CN1CCCC1. The van der Waals surface area contributed by atoms with Gasteiger partial charge in [-0.2, -0.15) is 0 Å². The number of hydrogen-bond acceptors (Lipinski definition) is 6. The maximum absolute atomic E-state index is 12.6. The third kappa shape index (κ3) is 10.8. The second-order valence-electron chi connectivity index (χ2n) is 7.84. The summed E-state index contributed by atoms with van der Waals surface area (Å²) in [5.74, 6) is 0.667. The lowest BCUT2D eigenvalue weighted by atomic mass is 10.2. The highest BCUT2D eigenvalue weighted by Crippen LogP contribution is 2.24. The maximum Gasteiger partial charge on any atom is 0.412 e. The van der Waals surface area contributed by atoms with Crippen molar-refractivity contribution in [2.75, 3.05) is 58.0 Å². The molecule has 0 saturated carbocycles. The van der Waals surface area contributed by atoms with Gasteiger partial charge in [0.2, 0.25) is 0 Å². The normalized spacial score (nSPS) is 15.0. The molecule has 1 heterocycles. The minimum atomic E-state index is -0.486. The van der Waals surface area contributed by atoms with Crippen LogP contribution >= 0.6 is 0 Å². The van der Waals surface area contributed by atoms with E-state index in [9.17, 15) is 4.79 Å². The van der Waals surface area contributed by atoms with Crippen LogP contribution in [0, 0.1) is 0 Å². The van der Waals surface area contributed by atoms with E-state index in [2.05, 4.69) is 17.1 Å². The zero-order valence-electron chi connectivity index (χ0n) is 19.3. The second-order valence-corrected chi connectivity index (χ2v) is 7.84. The summed E-state index contributed by atoms with van der Waals surface area (Å²) in [6.07, 6.45) is 6.11. The molecule has 7 nitrogen and oxygen atoms in total. The van der Waals surface area contributed by atoms with E-state index in [-0.39, 0.29) is 6.10 Å². The van der Waals surface area contributed by atoms with Crippen LogP contribution in [0.3, 0.4) is 0 Å². The number of carbonyl (C=O) groups is 1. The molecular weight excluding hydrogens is 396 g/mol. The summed E-state index contributed by atoms with van der Waals surface area (Å²) < 4.78 is 22.6. The zero-order valence-corrected chi connectivity index (χ0v) is 19.3. The van der Waals surface area contributed by atoms with E-state index < -0.39 is 6.09 Å². The van der Waals surface area contributed by atoms with Crippen molar-refractivity contribution >= 4 is 11.8 Å². The molecule has 176 valence electrons. The van der Waals surface area contributed by atoms with Crippen molar-refractivity contribution < 1.29 is 23.7 Å². The molecule has 1 aromatic carbocycles. The molecular formula is C24H40N2O5. The topological polar surface area (TPSA) is 69.3 Å². The van der Waals surface area contributed by atoms with E-state index in [1.165, 1.54) is 25.7 Å². The number of para-hydroxylation sites is 2. The van der Waals surface area contributed by atoms with Gasteiger partial charge in [-0.1, -0.05) is 38.3 Å². The Balaban J connectivity index is 1.84. The van der Waals surface area contributed by atoms with E-state index in [0.29, 0.717) is 51.0 Å². The fraction of sp³-hybridized carbons (Fsp3) is 0.708. The molecule has 1 fully saturated rings. The summed E-state index contributed by atoms with van der Waals surface area (Å²) in [5.41, 5.74) is 0.625. The molecule has 1 aliphatic heterocycles. The van der Waals surface area contributed by atoms with Gasteiger partial charge in [-0.3, -0.25) is 10.2 Å². The summed E-state index contributed by atoms with van der Waals surface area (Å²) in [6, 6.07) is 7.48. The number of nitrogens with zero attached hydrogens (tertiary/aromatic N) is 1.